The maximum absolute atomic E-state index is 13.2. The minimum absolute atomic E-state index is 0.0750. The Bertz CT molecular complexity index is 1180. The lowest BCUT2D eigenvalue weighted by molar-refractivity contribution is -0.139. The highest BCUT2D eigenvalue weighted by Gasteiger charge is 2.45. The molecule has 1 saturated heterocycles. The highest BCUT2D eigenvalue weighted by Crippen LogP contribution is 2.40. The highest BCUT2D eigenvalue weighted by molar-refractivity contribution is 6.46. The van der Waals surface area contributed by atoms with Gasteiger partial charge in [-0.05, 0) is 62.2 Å². The second-order valence-electron chi connectivity index (χ2n) is 8.11. The van der Waals surface area contributed by atoms with Crippen LogP contribution in [0.3, 0.4) is 0 Å². The van der Waals surface area contributed by atoms with Gasteiger partial charge in [0.25, 0.3) is 11.7 Å². The molecule has 2 aromatic carbocycles. The number of amides is 1. The summed E-state index contributed by atoms with van der Waals surface area (Å²) < 4.78 is 12.9. The second-order valence-corrected chi connectivity index (χ2v) is 8.11. The maximum Gasteiger partial charge on any atom is 0.295 e. The van der Waals surface area contributed by atoms with Gasteiger partial charge in [0, 0.05) is 31.0 Å². The summed E-state index contributed by atoms with van der Waals surface area (Å²) in [6, 6.07) is 13.4. The molecule has 1 aromatic heterocycles. The van der Waals surface area contributed by atoms with Crippen molar-refractivity contribution in [1.29, 1.82) is 0 Å². The molecule has 8 heteroatoms. The first-order chi connectivity index (χ1) is 17.0. The number of nitrogens with zero attached hydrogens (tertiary/aromatic N) is 3. The predicted octanol–water partition coefficient (Wildman–Crippen LogP) is 4.19. The number of likely N-dealkylation sites (tertiary alicyclic amines) is 1. The molecule has 1 amide bonds. The lowest BCUT2D eigenvalue weighted by Crippen LogP contribution is -2.31. The first-order valence-electron chi connectivity index (χ1n) is 11.7. The van der Waals surface area contributed by atoms with Gasteiger partial charge in [-0.1, -0.05) is 12.1 Å². The molecular weight excluding hydrogens is 446 g/mol. The molecule has 2 heterocycles. The molecule has 4 rings (SSSR count). The van der Waals surface area contributed by atoms with E-state index >= 15 is 0 Å². The molecule has 0 spiro atoms. The number of hydrogen-bond donors (Lipinski definition) is 1. The van der Waals surface area contributed by atoms with E-state index in [-0.39, 0.29) is 11.3 Å². The van der Waals surface area contributed by atoms with Crippen molar-refractivity contribution < 1.29 is 24.2 Å². The maximum atomic E-state index is 13.2. The Kier molecular flexibility index (Phi) is 7.50. The quantitative estimate of drug-likeness (QED) is 0.268. The molecule has 0 aliphatic carbocycles. The number of ether oxygens (including phenoxy) is 2. The van der Waals surface area contributed by atoms with E-state index in [0.717, 1.165) is 5.56 Å². The van der Waals surface area contributed by atoms with Crippen molar-refractivity contribution in [2.45, 2.75) is 32.9 Å². The van der Waals surface area contributed by atoms with E-state index in [0.29, 0.717) is 49.8 Å². The van der Waals surface area contributed by atoms with Crippen LogP contribution in [0.15, 0.2) is 72.8 Å². The zero-order valence-electron chi connectivity index (χ0n) is 19.9. The van der Waals surface area contributed by atoms with Gasteiger partial charge in [0.1, 0.15) is 17.3 Å². The third-order valence-electron chi connectivity index (χ3n) is 5.86. The molecule has 0 unspecified atom stereocenters. The molecule has 1 N–H and O–H groups in total. The number of rotatable bonds is 10. The Hall–Kier alpha value is -4.07. The first kappa shape index (κ1) is 24.1. The lowest BCUT2D eigenvalue weighted by Gasteiger charge is -2.25. The molecule has 1 atom stereocenters. The fourth-order valence-electron chi connectivity index (χ4n) is 4.24. The summed E-state index contributed by atoms with van der Waals surface area (Å²) in [6.45, 7) is 5.84. The predicted molar refractivity (Wildman–Crippen MR) is 131 cm³/mol. The van der Waals surface area contributed by atoms with E-state index < -0.39 is 17.7 Å². The lowest BCUT2D eigenvalue weighted by atomic mass is 9.95. The molecule has 8 nitrogen and oxygen atoms in total. The summed E-state index contributed by atoms with van der Waals surface area (Å²) in [7, 11) is 0. The average Bonchev–Trinajstić information content (AvgIpc) is 3.47. The van der Waals surface area contributed by atoms with E-state index in [9.17, 15) is 14.7 Å². The summed E-state index contributed by atoms with van der Waals surface area (Å²) in [4.78, 5) is 31.9. The molecule has 1 fully saturated rings. The Morgan fingerprint density at radius 2 is 1.57 bits per heavy atom. The van der Waals surface area contributed by atoms with Crippen molar-refractivity contribution in [2.24, 2.45) is 0 Å². The topological polar surface area (TPSA) is 93.9 Å². The number of aliphatic hydroxyl groups is 1. The number of aryl methyl sites for hydroxylation is 1. The monoisotopic (exact) mass is 475 g/mol. The van der Waals surface area contributed by atoms with E-state index in [1.807, 2.05) is 36.7 Å². The minimum Gasteiger partial charge on any atom is -0.507 e. The molecule has 1 aliphatic rings. The zero-order valence-corrected chi connectivity index (χ0v) is 19.9. The van der Waals surface area contributed by atoms with Crippen molar-refractivity contribution >= 4 is 17.4 Å². The van der Waals surface area contributed by atoms with Crippen LogP contribution in [0.4, 0.5) is 0 Å². The summed E-state index contributed by atoms with van der Waals surface area (Å²) in [5.74, 6) is -0.172. The molecule has 182 valence electrons. The Morgan fingerprint density at radius 3 is 2.14 bits per heavy atom. The van der Waals surface area contributed by atoms with Crippen LogP contribution in [0.2, 0.25) is 0 Å². The van der Waals surface area contributed by atoms with Gasteiger partial charge in [0.2, 0.25) is 0 Å². The fourth-order valence-corrected chi connectivity index (χ4v) is 4.24. The highest BCUT2D eigenvalue weighted by atomic mass is 16.5. The smallest absolute Gasteiger partial charge is 0.295 e. The molecule has 1 aliphatic heterocycles. The number of hydrogen-bond acceptors (Lipinski definition) is 6. The average molecular weight is 476 g/mol. The standard InChI is InChI=1S/C27H29N3O5/c1-3-34-21-10-6-19(7-11-21)24-23(25(31)20-8-12-22(13-9-20)35-4-2)26(32)27(33)30(24)16-5-15-29-17-14-28-18-29/h6-14,17-18,24,31H,3-5,15-16H2,1-2H3/t24-/m0/s1. The number of carbonyl (C=O) groups excluding carboxylic acids is 2. The van der Waals surface area contributed by atoms with Crippen molar-refractivity contribution in [3.63, 3.8) is 0 Å². The SMILES string of the molecule is CCOc1ccc(C(O)=C2C(=O)C(=O)N(CCCn3ccnc3)[C@H]2c2ccc(OCC)cc2)cc1. The number of ketones is 1. The first-order valence-corrected chi connectivity index (χ1v) is 11.7. The minimum atomic E-state index is -0.708. The van der Waals surface area contributed by atoms with E-state index in [2.05, 4.69) is 4.98 Å². The Balaban J connectivity index is 1.70. The van der Waals surface area contributed by atoms with Gasteiger partial charge in [-0.2, -0.15) is 0 Å². The summed E-state index contributed by atoms with van der Waals surface area (Å²) in [5, 5.41) is 11.2. The van der Waals surface area contributed by atoms with Gasteiger partial charge in [-0.25, -0.2) is 4.98 Å². The third kappa shape index (κ3) is 5.21. The van der Waals surface area contributed by atoms with Crippen LogP contribution in [0.5, 0.6) is 11.5 Å². The normalized spacial score (nSPS) is 17.1. The number of carbonyl (C=O) groups is 2. The van der Waals surface area contributed by atoms with Crippen LogP contribution < -0.4 is 9.47 Å². The van der Waals surface area contributed by atoms with Crippen LogP contribution in [-0.2, 0) is 16.1 Å². The van der Waals surface area contributed by atoms with Gasteiger partial charge in [-0.15, -0.1) is 0 Å². The van der Waals surface area contributed by atoms with Crippen molar-refractivity contribution in [1.82, 2.24) is 14.5 Å². The summed E-state index contributed by atoms with van der Waals surface area (Å²) in [5.41, 5.74) is 1.24. The van der Waals surface area contributed by atoms with Gasteiger partial charge in [0.15, 0.2) is 0 Å². The Morgan fingerprint density at radius 1 is 0.943 bits per heavy atom. The van der Waals surface area contributed by atoms with Crippen LogP contribution in [0.1, 0.15) is 37.4 Å². The van der Waals surface area contributed by atoms with Crippen molar-refractivity contribution in [2.75, 3.05) is 19.8 Å². The molecule has 0 saturated carbocycles. The second kappa shape index (κ2) is 10.9. The summed E-state index contributed by atoms with van der Waals surface area (Å²) >= 11 is 0. The van der Waals surface area contributed by atoms with Gasteiger partial charge >= 0.3 is 0 Å². The molecule has 3 aromatic rings. The van der Waals surface area contributed by atoms with E-state index in [1.165, 1.54) is 4.90 Å². The van der Waals surface area contributed by atoms with Gasteiger partial charge in [-0.3, -0.25) is 9.59 Å². The van der Waals surface area contributed by atoms with Crippen molar-refractivity contribution in [3.8, 4) is 11.5 Å². The van der Waals surface area contributed by atoms with Gasteiger partial charge in [0.05, 0.1) is 31.2 Å². The number of benzene rings is 2. The Labute approximate surface area is 204 Å². The van der Waals surface area contributed by atoms with Gasteiger partial charge < -0.3 is 24.0 Å². The van der Waals surface area contributed by atoms with E-state index in [1.54, 1.807) is 48.9 Å². The van der Waals surface area contributed by atoms with E-state index in [4.69, 9.17) is 9.47 Å². The van der Waals surface area contributed by atoms with Crippen LogP contribution in [0, 0.1) is 0 Å². The molecular formula is C27H29N3O5. The fraction of sp³-hybridized carbons (Fsp3) is 0.296. The largest absolute Gasteiger partial charge is 0.507 e. The van der Waals surface area contributed by atoms with Crippen LogP contribution >= 0.6 is 0 Å². The number of imidazole rings is 1. The molecule has 35 heavy (non-hydrogen) atoms. The summed E-state index contributed by atoms with van der Waals surface area (Å²) in [6.07, 6.45) is 5.89. The van der Waals surface area contributed by atoms with Crippen molar-refractivity contribution in [3.05, 3.63) is 84.0 Å². The number of aromatic nitrogens is 2. The van der Waals surface area contributed by atoms with Crippen LogP contribution in [-0.4, -0.2) is 51.0 Å². The third-order valence-corrected chi connectivity index (χ3v) is 5.86. The number of Topliss-reactive ketones (excluding diaryl/α,β-unsaturated/α-hetero) is 1. The van der Waals surface area contributed by atoms with Crippen LogP contribution in [0.25, 0.3) is 5.76 Å². The molecule has 0 radical (unpaired) electrons. The number of aliphatic hydroxyl groups excluding tert-OH is 1. The zero-order chi connectivity index (χ0) is 24.8. The molecule has 0 bridgehead atoms.